The molecule has 0 spiro atoms. The van der Waals surface area contributed by atoms with Gasteiger partial charge in [0, 0.05) is 43.5 Å². The average molecular weight is 413 g/mol. The van der Waals surface area contributed by atoms with Crippen molar-refractivity contribution in [3.63, 3.8) is 0 Å². The number of pyridine rings is 2. The van der Waals surface area contributed by atoms with Gasteiger partial charge in [-0.25, -0.2) is 15.0 Å². The lowest BCUT2D eigenvalue weighted by atomic mass is 10.1. The van der Waals surface area contributed by atoms with Crippen molar-refractivity contribution in [1.29, 1.82) is 0 Å². The van der Waals surface area contributed by atoms with E-state index < -0.39 is 0 Å². The summed E-state index contributed by atoms with van der Waals surface area (Å²) in [6.07, 6.45) is 12.6. The molecule has 31 heavy (non-hydrogen) atoms. The van der Waals surface area contributed by atoms with Crippen LogP contribution in [0.5, 0.6) is 0 Å². The van der Waals surface area contributed by atoms with Crippen molar-refractivity contribution < 1.29 is 0 Å². The molecule has 0 unspecified atom stereocenters. The number of hydrogen-bond acceptors (Lipinski definition) is 6. The molecule has 8 nitrogen and oxygen atoms in total. The number of H-pyrrole nitrogens is 2. The van der Waals surface area contributed by atoms with E-state index in [-0.39, 0.29) is 0 Å². The second-order valence-corrected chi connectivity index (χ2v) is 7.56. The summed E-state index contributed by atoms with van der Waals surface area (Å²) in [7, 11) is 0. The Morgan fingerprint density at radius 3 is 2.87 bits per heavy atom. The molecule has 5 rings (SSSR count). The fraction of sp³-hybridized carbons (Fsp3) is 0.261. The number of fused-ring (bicyclic) bond motifs is 2. The lowest BCUT2D eigenvalue weighted by molar-refractivity contribution is 0.578. The van der Waals surface area contributed by atoms with E-state index in [1.54, 1.807) is 12.4 Å². The summed E-state index contributed by atoms with van der Waals surface area (Å²) >= 11 is 0. The summed E-state index contributed by atoms with van der Waals surface area (Å²) in [6.45, 7) is 7.73. The minimum Gasteiger partial charge on any atom is -0.370 e. The summed E-state index contributed by atoms with van der Waals surface area (Å²) in [5.74, 6) is 0.704. The van der Waals surface area contributed by atoms with Crippen LogP contribution in [0.4, 0.5) is 5.69 Å². The van der Waals surface area contributed by atoms with Gasteiger partial charge in [-0.3, -0.25) is 10.1 Å². The zero-order chi connectivity index (χ0) is 21.2. The van der Waals surface area contributed by atoms with Crippen molar-refractivity contribution in [3.05, 3.63) is 48.9 Å². The number of anilines is 1. The number of nitrogens with zero attached hydrogens (tertiary/aromatic N) is 6. The van der Waals surface area contributed by atoms with E-state index in [2.05, 4.69) is 53.8 Å². The van der Waals surface area contributed by atoms with Crippen LogP contribution >= 0.6 is 0 Å². The third-order valence-corrected chi connectivity index (χ3v) is 5.68. The van der Waals surface area contributed by atoms with Crippen LogP contribution in [0, 0.1) is 0 Å². The Morgan fingerprint density at radius 1 is 1.19 bits per heavy atom. The predicted octanol–water partition coefficient (Wildman–Crippen LogP) is 4.50. The molecule has 5 heterocycles. The Labute approximate surface area is 179 Å². The minimum atomic E-state index is 0.638. The van der Waals surface area contributed by atoms with Gasteiger partial charge in [-0.15, -0.1) is 0 Å². The zero-order valence-electron chi connectivity index (χ0n) is 17.5. The number of piperidine rings is 1. The van der Waals surface area contributed by atoms with E-state index in [9.17, 15) is 0 Å². The number of imidazole rings is 1. The lowest BCUT2D eigenvalue weighted by Crippen LogP contribution is -2.29. The molecule has 0 bridgehead atoms. The number of aliphatic imine (C=N–C) groups is 1. The van der Waals surface area contributed by atoms with E-state index in [1.807, 2.05) is 19.2 Å². The summed E-state index contributed by atoms with van der Waals surface area (Å²) in [4.78, 5) is 23.8. The van der Waals surface area contributed by atoms with Crippen LogP contribution in [0.15, 0.2) is 48.4 Å². The standard InChI is InChI=1S/C23H24N8/c1-3-15(13-24-4-2)16-12-17-19(29-30-21(17)26-14-16)23-27-20-18(8-9-25-22(20)28-23)31-10-6-5-7-11-31/h3-4,8-9,12-14H,2,5-7,10-11H2,1H3,(H,25,27,28)(H,26,29,30)/b15-3+,24-13?. The Kier molecular flexibility index (Phi) is 5.03. The van der Waals surface area contributed by atoms with Crippen LogP contribution in [0.2, 0.25) is 0 Å². The first-order valence-corrected chi connectivity index (χ1v) is 10.5. The Morgan fingerprint density at radius 2 is 2.06 bits per heavy atom. The Bertz CT molecular complexity index is 1300. The lowest BCUT2D eigenvalue weighted by Gasteiger charge is -2.28. The van der Waals surface area contributed by atoms with E-state index >= 15 is 0 Å². The van der Waals surface area contributed by atoms with Crippen molar-refractivity contribution >= 4 is 39.7 Å². The molecule has 1 aliphatic rings. The quantitative estimate of drug-likeness (QED) is 0.470. The van der Waals surface area contributed by atoms with Gasteiger partial charge >= 0.3 is 0 Å². The summed E-state index contributed by atoms with van der Waals surface area (Å²) in [6, 6.07) is 4.12. The van der Waals surface area contributed by atoms with Gasteiger partial charge < -0.3 is 9.88 Å². The van der Waals surface area contributed by atoms with Crippen LogP contribution in [-0.4, -0.2) is 49.4 Å². The summed E-state index contributed by atoms with van der Waals surface area (Å²) in [5.41, 5.74) is 6.16. The highest BCUT2D eigenvalue weighted by Crippen LogP contribution is 2.31. The van der Waals surface area contributed by atoms with Gasteiger partial charge in [0.05, 0.1) is 11.1 Å². The molecule has 0 radical (unpaired) electrons. The van der Waals surface area contributed by atoms with E-state index in [0.29, 0.717) is 17.1 Å². The molecule has 0 saturated carbocycles. The highest BCUT2D eigenvalue weighted by atomic mass is 15.2. The predicted molar refractivity (Wildman–Crippen MR) is 125 cm³/mol. The minimum absolute atomic E-state index is 0.638. The van der Waals surface area contributed by atoms with E-state index in [1.165, 1.54) is 25.5 Å². The average Bonchev–Trinajstić information content (AvgIpc) is 3.43. The number of aromatic amines is 2. The molecule has 4 aromatic rings. The fourth-order valence-corrected chi connectivity index (χ4v) is 4.10. The second-order valence-electron chi connectivity index (χ2n) is 7.56. The number of allylic oxidation sites excluding steroid dienone is 2. The maximum atomic E-state index is 4.76. The van der Waals surface area contributed by atoms with Crippen molar-refractivity contribution in [2.24, 2.45) is 4.99 Å². The molecular weight excluding hydrogens is 388 g/mol. The number of nitrogens with one attached hydrogen (secondary N) is 2. The van der Waals surface area contributed by atoms with Crippen LogP contribution in [-0.2, 0) is 0 Å². The van der Waals surface area contributed by atoms with Gasteiger partial charge in [-0.2, -0.15) is 5.10 Å². The number of rotatable bonds is 5. The zero-order valence-corrected chi connectivity index (χ0v) is 17.5. The molecule has 2 N–H and O–H groups in total. The molecular formula is C23H24N8. The summed E-state index contributed by atoms with van der Waals surface area (Å²) < 4.78 is 0. The maximum Gasteiger partial charge on any atom is 0.181 e. The van der Waals surface area contributed by atoms with Crippen molar-refractivity contribution in [2.75, 3.05) is 18.0 Å². The van der Waals surface area contributed by atoms with Crippen LogP contribution < -0.4 is 4.90 Å². The second kappa shape index (κ2) is 8.14. The molecule has 156 valence electrons. The van der Waals surface area contributed by atoms with Gasteiger partial charge in [0.25, 0.3) is 0 Å². The van der Waals surface area contributed by atoms with Crippen LogP contribution in [0.1, 0.15) is 31.7 Å². The van der Waals surface area contributed by atoms with Crippen LogP contribution in [0.25, 0.3) is 39.3 Å². The SMILES string of the molecule is C=CN=C/C(=C\C)c1cnc2n[nH]c(-c3nc4nccc(N5CCCCC5)c4[nH]3)c2c1. The van der Waals surface area contributed by atoms with Gasteiger partial charge in [0.1, 0.15) is 11.2 Å². The highest BCUT2D eigenvalue weighted by Gasteiger charge is 2.19. The van der Waals surface area contributed by atoms with E-state index in [0.717, 1.165) is 46.5 Å². The first kappa shape index (κ1) is 19.2. The van der Waals surface area contributed by atoms with Crippen LogP contribution in [0.3, 0.4) is 0 Å². The fourth-order valence-electron chi connectivity index (χ4n) is 4.10. The molecule has 0 atom stereocenters. The Hall–Kier alpha value is -3.81. The largest absolute Gasteiger partial charge is 0.370 e. The first-order chi connectivity index (χ1) is 15.3. The van der Waals surface area contributed by atoms with Crippen molar-refractivity contribution in [2.45, 2.75) is 26.2 Å². The topological polar surface area (TPSA) is 98.7 Å². The molecule has 1 saturated heterocycles. The van der Waals surface area contributed by atoms with Gasteiger partial charge in [0.2, 0.25) is 0 Å². The van der Waals surface area contributed by atoms with E-state index in [4.69, 9.17) is 4.98 Å². The molecule has 0 aliphatic carbocycles. The molecule has 1 aliphatic heterocycles. The first-order valence-electron chi connectivity index (χ1n) is 10.5. The normalized spacial score (nSPS) is 15.4. The Balaban J connectivity index is 1.60. The summed E-state index contributed by atoms with van der Waals surface area (Å²) in [5, 5.41) is 8.36. The van der Waals surface area contributed by atoms with Crippen molar-refractivity contribution in [3.8, 4) is 11.5 Å². The van der Waals surface area contributed by atoms with Gasteiger partial charge in [-0.05, 0) is 43.9 Å². The third kappa shape index (κ3) is 3.50. The smallest absolute Gasteiger partial charge is 0.181 e. The van der Waals surface area contributed by atoms with Gasteiger partial charge in [-0.1, -0.05) is 12.7 Å². The molecule has 4 aromatic heterocycles. The highest BCUT2D eigenvalue weighted by molar-refractivity contribution is 6.11. The number of hydrogen-bond donors (Lipinski definition) is 2. The molecule has 8 heteroatoms. The molecule has 0 aromatic carbocycles. The van der Waals surface area contributed by atoms with Crippen molar-refractivity contribution in [1.82, 2.24) is 30.1 Å². The van der Waals surface area contributed by atoms with Gasteiger partial charge in [0.15, 0.2) is 17.1 Å². The monoisotopic (exact) mass is 412 g/mol. The molecule has 1 fully saturated rings. The maximum absolute atomic E-state index is 4.76. The third-order valence-electron chi connectivity index (χ3n) is 5.68. The molecule has 0 amide bonds. The number of aromatic nitrogens is 6.